The summed E-state index contributed by atoms with van der Waals surface area (Å²) in [5, 5.41) is 0. The molecule has 2 aromatic carbocycles. The summed E-state index contributed by atoms with van der Waals surface area (Å²) in [6, 6.07) is 11.8. The van der Waals surface area contributed by atoms with E-state index in [1.54, 1.807) is 6.07 Å². The van der Waals surface area contributed by atoms with Crippen molar-refractivity contribution in [3.63, 3.8) is 0 Å². The van der Waals surface area contributed by atoms with Gasteiger partial charge in [-0.1, -0.05) is 50.1 Å². The van der Waals surface area contributed by atoms with Gasteiger partial charge in [0.25, 0.3) is 0 Å². The zero-order valence-corrected chi connectivity index (χ0v) is 12.5. The van der Waals surface area contributed by atoms with E-state index in [1.165, 1.54) is 12.1 Å². The number of Topliss-reactive ketones (excluding diaryl/α,β-unsaturated/α-hetero) is 1. The molecule has 0 aliphatic heterocycles. The molecular weight excluding hydrogens is 363 g/mol. The third-order valence-electron chi connectivity index (χ3n) is 2.54. The molecule has 1 nitrogen and oxygen atoms in total. The minimum Gasteiger partial charge on any atom is -0.294 e. The lowest BCUT2D eigenvalue weighted by atomic mass is 10.0. The highest BCUT2D eigenvalue weighted by molar-refractivity contribution is 9.10. The van der Waals surface area contributed by atoms with Gasteiger partial charge in [0.1, 0.15) is 5.82 Å². The zero-order valence-electron chi connectivity index (χ0n) is 9.29. The number of halogens is 3. The molecule has 18 heavy (non-hydrogen) atoms. The third kappa shape index (κ3) is 3.06. The van der Waals surface area contributed by atoms with Gasteiger partial charge in [-0.2, -0.15) is 0 Å². The van der Waals surface area contributed by atoms with E-state index in [0.717, 1.165) is 10.0 Å². The lowest BCUT2D eigenvalue weighted by Crippen LogP contribution is -2.06. The van der Waals surface area contributed by atoms with Crippen LogP contribution in [0.4, 0.5) is 4.39 Å². The molecule has 2 aromatic rings. The molecule has 0 aliphatic carbocycles. The Kier molecular flexibility index (Phi) is 4.30. The molecule has 0 amide bonds. The molecule has 0 atom stereocenters. The van der Waals surface area contributed by atoms with Crippen LogP contribution in [0.1, 0.15) is 15.9 Å². The smallest absolute Gasteiger partial charge is 0.170 e. The van der Waals surface area contributed by atoms with Crippen LogP contribution in [0.2, 0.25) is 0 Å². The summed E-state index contributed by atoms with van der Waals surface area (Å²) in [4.78, 5) is 12.1. The van der Waals surface area contributed by atoms with E-state index in [0.29, 0.717) is 4.47 Å². The van der Waals surface area contributed by atoms with Gasteiger partial charge in [0.15, 0.2) is 5.78 Å². The summed E-state index contributed by atoms with van der Waals surface area (Å²) < 4.78 is 15.1. The minimum absolute atomic E-state index is 0.111. The molecule has 0 saturated carbocycles. The summed E-state index contributed by atoms with van der Waals surface area (Å²) in [5.41, 5.74) is 0.960. The topological polar surface area (TPSA) is 17.1 Å². The molecule has 0 saturated heterocycles. The van der Waals surface area contributed by atoms with Crippen LogP contribution in [0.25, 0.3) is 0 Å². The first-order valence-electron chi connectivity index (χ1n) is 5.29. The lowest BCUT2D eigenvalue weighted by Gasteiger charge is -2.05. The van der Waals surface area contributed by atoms with Gasteiger partial charge in [0, 0.05) is 15.4 Å². The Balaban J connectivity index is 2.28. The van der Waals surface area contributed by atoms with E-state index in [2.05, 4.69) is 31.9 Å². The molecule has 0 bridgehead atoms. The second-order valence-corrected chi connectivity index (χ2v) is 5.59. The van der Waals surface area contributed by atoms with Crippen LogP contribution in [0, 0.1) is 5.82 Å². The van der Waals surface area contributed by atoms with Gasteiger partial charge in [-0.25, -0.2) is 4.39 Å². The number of rotatable bonds is 3. The van der Waals surface area contributed by atoms with Crippen LogP contribution in [-0.4, -0.2) is 5.78 Å². The number of carbonyl (C=O) groups is 1. The number of hydrogen-bond donors (Lipinski definition) is 0. The van der Waals surface area contributed by atoms with Crippen molar-refractivity contribution < 1.29 is 9.18 Å². The summed E-state index contributed by atoms with van der Waals surface area (Å²) in [5.74, 6) is -0.726. The van der Waals surface area contributed by atoms with Crippen molar-refractivity contribution in [1.82, 2.24) is 0 Å². The second kappa shape index (κ2) is 5.76. The SMILES string of the molecule is O=C(Cc1ccccc1Br)c1cc(Br)ccc1F. The van der Waals surface area contributed by atoms with Gasteiger partial charge in [0.2, 0.25) is 0 Å². The highest BCUT2D eigenvalue weighted by atomic mass is 79.9. The van der Waals surface area contributed by atoms with E-state index in [-0.39, 0.29) is 17.8 Å². The maximum Gasteiger partial charge on any atom is 0.170 e. The number of carbonyl (C=O) groups excluding carboxylic acids is 1. The quantitative estimate of drug-likeness (QED) is 0.710. The number of ketones is 1. The van der Waals surface area contributed by atoms with E-state index in [9.17, 15) is 9.18 Å². The number of hydrogen-bond acceptors (Lipinski definition) is 1. The fourth-order valence-electron chi connectivity index (χ4n) is 1.62. The molecule has 2 rings (SSSR count). The van der Waals surface area contributed by atoms with E-state index >= 15 is 0 Å². The van der Waals surface area contributed by atoms with Gasteiger partial charge in [0.05, 0.1) is 5.56 Å². The zero-order chi connectivity index (χ0) is 13.1. The Morgan fingerprint density at radius 2 is 1.83 bits per heavy atom. The third-order valence-corrected chi connectivity index (χ3v) is 3.80. The number of benzene rings is 2. The van der Waals surface area contributed by atoms with Crippen molar-refractivity contribution in [3.05, 3.63) is 68.4 Å². The largest absolute Gasteiger partial charge is 0.294 e. The second-order valence-electron chi connectivity index (χ2n) is 3.82. The molecule has 4 heteroatoms. The summed E-state index contributed by atoms with van der Waals surface area (Å²) in [6.45, 7) is 0. The molecule has 0 N–H and O–H groups in total. The first kappa shape index (κ1) is 13.4. The van der Waals surface area contributed by atoms with Gasteiger partial charge in [-0.3, -0.25) is 4.79 Å². The van der Waals surface area contributed by atoms with Crippen LogP contribution in [0.15, 0.2) is 51.4 Å². The van der Waals surface area contributed by atoms with Crippen LogP contribution in [0.5, 0.6) is 0 Å². The highest BCUT2D eigenvalue weighted by Gasteiger charge is 2.13. The van der Waals surface area contributed by atoms with Crippen molar-refractivity contribution in [2.45, 2.75) is 6.42 Å². The molecule has 0 radical (unpaired) electrons. The molecule has 0 fully saturated rings. The Bertz CT molecular complexity index is 596. The average molecular weight is 372 g/mol. The summed E-state index contributed by atoms with van der Waals surface area (Å²) in [6.07, 6.45) is 0.175. The molecular formula is C14H9Br2FO. The normalized spacial score (nSPS) is 10.4. The van der Waals surface area contributed by atoms with Gasteiger partial charge >= 0.3 is 0 Å². The van der Waals surface area contributed by atoms with Crippen molar-refractivity contribution in [2.24, 2.45) is 0 Å². The van der Waals surface area contributed by atoms with Gasteiger partial charge in [-0.15, -0.1) is 0 Å². The molecule has 92 valence electrons. The lowest BCUT2D eigenvalue weighted by molar-refractivity contribution is 0.0989. The average Bonchev–Trinajstić information content (AvgIpc) is 2.35. The van der Waals surface area contributed by atoms with Crippen LogP contribution in [0.3, 0.4) is 0 Å². The Labute approximate surface area is 121 Å². The fraction of sp³-hybridized carbons (Fsp3) is 0.0714. The molecule has 0 unspecified atom stereocenters. The predicted molar refractivity (Wildman–Crippen MR) is 76.3 cm³/mol. The maximum atomic E-state index is 13.6. The standard InChI is InChI=1S/C14H9Br2FO/c15-10-5-6-13(17)11(8-10)14(18)7-9-3-1-2-4-12(9)16/h1-6,8H,7H2. The van der Waals surface area contributed by atoms with Gasteiger partial charge < -0.3 is 0 Å². The van der Waals surface area contributed by atoms with Crippen LogP contribution in [-0.2, 0) is 6.42 Å². The fourth-order valence-corrected chi connectivity index (χ4v) is 2.41. The monoisotopic (exact) mass is 370 g/mol. The summed E-state index contributed by atoms with van der Waals surface area (Å²) in [7, 11) is 0. The Hall–Kier alpha value is -1.00. The van der Waals surface area contributed by atoms with Crippen molar-refractivity contribution in [3.8, 4) is 0 Å². The van der Waals surface area contributed by atoms with Crippen molar-refractivity contribution >= 4 is 37.6 Å². The highest BCUT2D eigenvalue weighted by Crippen LogP contribution is 2.21. The van der Waals surface area contributed by atoms with Crippen molar-refractivity contribution in [1.29, 1.82) is 0 Å². The molecule has 0 spiro atoms. The van der Waals surface area contributed by atoms with Gasteiger partial charge in [-0.05, 0) is 29.8 Å². The Morgan fingerprint density at radius 3 is 2.56 bits per heavy atom. The van der Waals surface area contributed by atoms with E-state index < -0.39 is 5.82 Å². The maximum absolute atomic E-state index is 13.6. The molecule has 0 aromatic heterocycles. The predicted octanol–water partition coefficient (Wildman–Crippen LogP) is 4.78. The molecule has 0 heterocycles. The first-order valence-corrected chi connectivity index (χ1v) is 6.88. The van der Waals surface area contributed by atoms with E-state index in [1.807, 2.05) is 24.3 Å². The summed E-state index contributed by atoms with van der Waals surface area (Å²) >= 11 is 6.61. The van der Waals surface area contributed by atoms with Crippen LogP contribution >= 0.6 is 31.9 Å². The minimum atomic E-state index is -0.491. The van der Waals surface area contributed by atoms with E-state index in [4.69, 9.17) is 0 Å². The first-order chi connectivity index (χ1) is 8.58. The van der Waals surface area contributed by atoms with Crippen molar-refractivity contribution in [2.75, 3.05) is 0 Å². The Morgan fingerprint density at radius 1 is 1.11 bits per heavy atom. The molecule has 0 aliphatic rings. The van der Waals surface area contributed by atoms with Crippen LogP contribution < -0.4 is 0 Å².